The molecule has 2 amide bonds. The summed E-state index contributed by atoms with van der Waals surface area (Å²) < 4.78 is 5.27. The number of rotatable bonds is 6. The summed E-state index contributed by atoms with van der Waals surface area (Å²) in [6.45, 7) is 3.97. The number of tetrazole rings is 1. The number of nitrogens with one attached hydrogen (secondary N) is 2. The quantitative estimate of drug-likeness (QED) is 0.595. The smallest absolute Gasteiger partial charge is 0.338 e. The van der Waals surface area contributed by atoms with Crippen molar-refractivity contribution in [1.82, 2.24) is 30.8 Å². The maximum absolute atomic E-state index is 12.8. The molecule has 2 aromatic carbocycles. The summed E-state index contributed by atoms with van der Waals surface area (Å²) in [4.78, 5) is 26.5. The van der Waals surface area contributed by atoms with Crippen molar-refractivity contribution in [3.8, 4) is 11.4 Å². The van der Waals surface area contributed by atoms with Crippen LogP contribution in [0, 0.1) is 6.92 Å². The van der Waals surface area contributed by atoms with E-state index in [1.165, 1.54) is 4.80 Å². The van der Waals surface area contributed by atoms with E-state index in [2.05, 4.69) is 26.0 Å². The van der Waals surface area contributed by atoms with Crippen molar-refractivity contribution in [2.75, 3.05) is 6.61 Å². The summed E-state index contributed by atoms with van der Waals surface area (Å²) in [5, 5.41) is 18.2. The van der Waals surface area contributed by atoms with Gasteiger partial charge in [0.2, 0.25) is 5.82 Å². The summed E-state index contributed by atoms with van der Waals surface area (Å²) in [7, 11) is 0. The minimum atomic E-state index is -0.650. The molecule has 0 aliphatic carbocycles. The van der Waals surface area contributed by atoms with Crippen molar-refractivity contribution in [3.05, 3.63) is 77.0 Å². The van der Waals surface area contributed by atoms with Crippen LogP contribution >= 0.6 is 0 Å². The minimum absolute atomic E-state index is 0.0593. The molecular formula is C22H22N6O3. The lowest BCUT2D eigenvalue weighted by Gasteiger charge is -2.29. The maximum atomic E-state index is 12.8. The van der Waals surface area contributed by atoms with E-state index in [9.17, 15) is 9.59 Å². The van der Waals surface area contributed by atoms with Gasteiger partial charge in [0.25, 0.3) is 0 Å². The van der Waals surface area contributed by atoms with Gasteiger partial charge in [-0.25, -0.2) is 9.59 Å². The molecule has 0 saturated heterocycles. The van der Waals surface area contributed by atoms with Gasteiger partial charge in [-0.15, -0.1) is 10.2 Å². The van der Waals surface area contributed by atoms with Crippen molar-refractivity contribution in [1.29, 1.82) is 0 Å². The van der Waals surface area contributed by atoms with E-state index < -0.39 is 18.0 Å². The van der Waals surface area contributed by atoms with E-state index >= 15 is 0 Å². The Morgan fingerprint density at radius 2 is 1.87 bits per heavy atom. The van der Waals surface area contributed by atoms with Gasteiger partial charge in [-0.05, 0) is 30.2 Å². The van der Waals surface area contributed by atoms with Crippen LogP contribution < -0.4 is 10.6 Å². The van der Waals surface area contributed by atoms with Crippen LogP contribution in [0.2, 0.25) is 0 Å². The van der Waals surface area contributed by atoms with Gasteiger partial charge in [0, 0.05) is 5.56 Å². The number of carbonyl (C=O) groups is 2. The number of hydrogen-bond acceptors (Lipinski definition) is 6. The average molecular weight is 418 g/mol. The lowest BCUT2D eigenvalue weighted by Crippen LogP contribution is -2.47. The van der Waals surface area contributed by atoms with Crippen molar-refractivity contribution >= 4 is 12.0 Å². The zero-order valence-corrected chi connectivity index (χ0v) is 17.2. The number of hydrogen-bond donors (Lipinski definition) is 2. The van der Waals surface area contributed by atoms with E-state index in [4.69, 9.17) is 4.74 Å². The van der Waals surface area contributed by atoms with Crippen LogP contribution in [0.4, 0.5) is 4.79 Å². The SMILES string of the molecule is CCOC(=O)C1=C(Cn2nnc(-c3ccccc3C)n2)NC(=O)NC1c1ccccc1. The van der Waals surface area contributed by atoms with Gasteiger partial charge in [0.1, 0.15) is 6.54 Å². The second-order valence-electron chi connectivity index (χ2n) is 7.01. The first-order valence-corrected chi connectivity index (χ1v) is 9.93. The van der Waals surface area contributed by atoms with Gasteiger partial charge in [0.15, 0.2) is 0 Å². The Morgan fingerprint density at radius 3 is 2.61 bits per heavy atom. The number of carbonyl (C=O) groups excluding carboxylic acids is 2. The van der Waals surface area contributed by atoms with Gasteiger partial charge in [-0.2, -0.15) is 4.80 Å². The summed E-state index contributed by atoms with van der Waals surface area (Å²) >= 11 is 0. The molecule has 4 rings (SSSR count). The fourth-order valence-electron chi connectivity index (χ4n) is 3.47. The number of aryl methyl sites for hydroxylation is 1. The highest BCUT2D eigenvalue weighted by Crippen LogP contribution is 2.28. The monoisotopic (exact) mass is 418 g/mol. The molecule has 9 nitrogen and oxygen atoms in total. The Balaban J connectivity index is 1.72. The first-order valence-electron chi connectivity index (χ1n) is 9.93. The first kappa shape index (κ1) is 20.3. The van der Waals surface area contributed by atoms with Crippen LogP contribution in [0.3, 0.4) is 0 Å². The zero-order valence-electron chi connectivity index (χ0n) is 17.2. The molecule has 1 aliphatic heterocycles. The van der Waals surface area contributed by atoms with E-state index in [1.54, 1.807) is 6.92 Å². The average Bonchev–Trinajstić information content (AvgIpc) is 3.22. The lowest BCUT2D eigenvalue weighted by molar-refractivity contribution is -0.139. The van der Waals surface area contributed by atoms with Gasteiger partial charge in [0.05, 0.1) is 23.9 Å². The second kappa shape index (κ2) is 8.78. The minimum Gasteiger partial charge on any atom is -0.463 e. The van der Waals surface area contributed by atoms with E-state index in [0.29, 0.717) is 17.1 Å². The molecule has 0 spiro atoms. The third kappa shape index (κ3) is 4.30. The van der Waals surface area contributed by atoms with Crippen LogP contribution in [0.15, 0.2) is 65.9 Å². The van der Waals surface area contributed by atoms with Crippen molar-refractivity contribution in [2.24, 2.45) is 0 Å². The largest absolute Gasteiger partial charge is 0.463 e. The van der Waals surface area contributed by atoms with Crippen molar-refractivity contribution < 1.29 is 14.3 Å². The first-order chi connectivity index (χ1) is 15.1. The molecule has 1 unspecified atom stereocenters. The molecule has 0 radical (unpaired) electrons. The number of esters is 1. The number of aromatic nitrogens is 4. The number of allylic oxidation sites excluding steroid dienone is 1. The van der Waals surface area contributed by atoms with Crippen molar-refractivity contribution in [2.45, 2.75) is 26.4 Å². The Bertz CT molecular complexity index is 1140. The standard InChI is InChI=1S/C22H22N6O3/c1-3-31-21(29)18-17(23-22(30)24-19(18)15-10-5-4-6-11-15)13-28-26-20(25-27-28)16-12-8-7-9-14(16)2/h4-12,19H,3,13H2,1-2H3,(H2,23,24,30). The third-order valence-electron chi connectivity index (χ3n) is 4.92. The molecule has 0 saturated carbocycles. The molecule has 0 fully saturated rings. The lowest BCUT2D eigenvalue weighted by atomic mass is 9.95. The fraction of sp³-hybridized carbons (Fsp3) is 0.227. The van der Waals surface area contributed by atoms with Crippen LogP contribution in [0.1, 0.15) is 24.1 Å². The molecular weight excluding hydrogens is 396 g/mol. The van der Waals surface area contributed by atoms with Crippen molar-refractivity contribution in [3.63, 3.8) is 0 Å². The highest BCUT2D eigenvalue weighted by atomic mass is 16.5. The molecule has 9 heteroatoms. The zero-order chi connectivity index (χ0) is 21.8. The highest BCUT2D eigenvalue weighted by Gasteiger charge is 2.34. The summed E-state index contributed by atoms with van der Waals surface area (Å²) in [5.74, 6) is -0.0469. The third-order valence-corrected chi connectivity index (χ3v) is 4.92. The van der Waals surface area contributed by atoms with E-state index in [-0.39, 0.29) is 13.2 Å². The van der Waals surface area contributed by atoms with Gasteiger partial charge in [-0.1, -0.05) is 54.6 Å². The second-order valence-corrected chi connectivity index (χ2v) is 7.01. The predicted molar refractivity (Wildman–Crippen MR) is 112 cm³/mol. The number of ether oxygens (including phenoxy) is 1. The predicted octanol–water partition coefficient (Wildman–Crippen LogP) is 2.52. The molecule has 2 heterocycles. The molecule has 31 heavy (non-hydrogen) atoms. The number of benzene rings is 2. The van der Waals surface area contributed by atoms with Crippen LogP contribution in [0.25, 0.3) is 11.4 Å². The number of amides is 2. The highest BCUT2D eigenvalue weighted by molar-refractivity contribution is 5.95. The number of urea groups is 1. The molecule has 1 atom stereocenters. The topological polar surface area (TPSA) is 111 Å². The van der Waals surface area contributed by atoms with Crippen LogP contribution in [-0.2, 0) is 16.1 Å². The Hall–Kier alpha value is -4.01. The van der Waals surface area contributed by atoms with Crippen LogP contribution in [0.5, 0.6) is 0 Å². The molecule has 2 N–H and O–H groups in total. The Labute approximate surface area is 179 Å². The van der Waals surface area contributed by atoms with E-state index in [0.717, 1.165) is 16.7 Å². The van der Waals surface area contributed by atoms with Crippen LogP contribution in [-0.4, -0.2) is 38.8 Å². The summed E-state index contributed by atoms with van der Waals surface area (Å²) in [6.07, 6.45) is 0. The summed E-state index contributed by atoms with van der Waals surface area (Å²) in [6, 6.07) is 15.9. The molecule has 3 aromatic rings. The van der Waals surface area contributed by atoms with Gasteiger partial charge in [-0.3, -0.25) is 0 Å². The van der Waals surface area contributed by atoms with Gasteiger partial charge < -0.3 is 15.4 Å². The Morgan fingerprint density at radius 1 is 1.13 bits per heavy atom. The molecule has 1 aromatic heterocycles. The van der Waals surface area contributed by atoms with E-state index in [1.807, 2.05) is 61.5 Å². The summed E-state index contributed by atoms with van der Waals surface area (Å²) in [5.41, 5.74) is 3.33. The molecule has 1 aliphatic rings. The fourth-order valence-corrected chi connectivity index (χ4v) is 3.47. The Kier molecular flexibility index (Phi) is 5.74. The maximum Gasteiger partial charge on any atom is 0.338 e. The normalized spacial score (nSPS) is 15.9. The van der Waals surface area contributed by atoms with Gasteiger partial charge >= 0.3 is 12.0 Å². The molecule has 0 bridgehead atoms. The number of nitrogens with zero attached hydrogens (tertiary/aromatic N) is 4. The molecule has 158 valence electrons.